The van der Waals surface area contributed by atoms with Crippen molar-refractivity contribution in [3.63, 3.8) is 0 Å². The molecule has 0 heterocycles. The van der Waals surface area contributed by atoms with Gasteiger partial charge in [0.15, 0.2) is 11.5 Å². The van der Waals surface area contributed by atoms with Crippen molar-refractivity contribution in [2.45, 2.75) is 45.5 Å². The van der Waals surface area contributed by atoms with Crippen molar-refractivity contribution in [2.75, 3.05) is 13.2 Å². The normalized spacial score (nSPS) is 14.0. The van der Waals surface area contributed by atoms with E-state index in [1.807, 2.05) is 0 Å². The molecule has 2 atom stereocenters. The average molecular weight is 327 g/mol. The summed E-state index contributed by atoms with van der Waals surface area (Å²) in [5, 5.41) is 32.6. The number of ether oxygens (including phenoxy) is 2. The summed E-state index contributed by atoms with van der Waals surface area (Å²) in [5.74, 6) is -0.0190. The highest BCUT2D eigenvalue weighted by Gasteiger charge is 2.24. The van der Waals surface area contributed by atoms with Crippen molar-refractivity contribution in [3.05, 3.63) is 23.8 Å². The molecule has 1 aromatic rings. The molecule has 7 nitrogen and oxygen atoms in total. The van der Waals surface area contributed by atoms with Gasteiger partial charge in [-0.3, -0.25) is 0 Å². The molecule has 2 unspecified atom stereocenters. The fourth-order valence-electron chi connectivity index (χ4n) is 1.87. The van der Waals surface area contributed by atoms with Crippen molar-refractivity contribution in [1.82, 2.24) is 5.32 Å². The number of phenolic OH excluding ortho intramolecular Hbond substituents is 1. The lowest BCUT2D eigenvalue weighted by Gasteiger charge is -2.23. The third-order valence-electron chi connectivity index (χ3n) is 2.87. The second-order valence-electron chi connectivity index (χ2n) is 6.02. The first-order valence-electron chi connectivity index (χ1n) is 7.43. The van der Waals surface area contributed by atoms with Crippen LogP contribution in [0.3, 0.4) is 0 Å². The van der Waals surface area contributed by atoms with Gasteiger partial charge < -0.3 is 30.1 Å². The summed E-state index contributed by atoms with van der Waals surface area (Å²) in [7, 11) is 0. The van der Waals surface area contributed by atoms with Crippen molar-refractivity contribution < 1.29 is 29.6 Å². The van der Waals surface area contributed by atoms with Crippen LogP contribution >= 0.6 is 0 Å². The summed E-state index contributed by atoms with van der Waals surface area (Å²) >= 11 is 0. The maximum atomic E-state index is 11.5. The van der Waals surface area contributed by atoms with Gasteiger partial charge in [0.1, 0.15) is 17.8 Å². The molecule has 7 heteroatoms. The van der Waals surface area contributed by atoms with Gasteiger partial charge in [0.05, 0.1) is 6.61 Å². The van der Waals surface area contributed by atoms with Crippen LogP contribution < -0.4 is 10.1 Å². The molecule has 0 saturated heterocycles. The van der Waals surface area contributed by atoms with E-state index >= 15 is 0 Å². The van der Waals surface area contributed by atoms with E-state index in [4.69, 9.17) is 9.47 Å². The second-order valence-corrected chi connectivity index (χ2v) is 6.02. The Balaban J connectivity index is 2.68. The van der Waals surface area contributed by atoms with Crippen LogP contribution in [-0.2, 0) is 4.74 Å². The van der Waals surface area contributed by atoms with E-state index in [1.54, 1.807) is 39.8 Å². The monoisotopic (exact) mass is 327 g/mol. The predicted molar refractivity (Wildman–Crippen MR) is 84.5 cm³/mol. The number of nitrogens with one attached hydrogen (secondary N) is 1. The minimum absolute atomic E-state index is 0.120. The summed E-state index contributed by atoms with van der Waals surface area (Å²) < 4.78 is 10.3. The SMILES string of the molecule is CCOc1cccc(C(O)C(O)CNC(=O)OC(C)(C)C)c1O. The maximum absolute atomic E-state index is 11.5. The Morgan fingerprint density at radius 3 is 2.52 bits per heavy atom. The van der Waals surface area contributed by atoms with E-state index in [0.717, 1.165) is 0 Å². The van der Waals surface area contributed by atoms with Gasteiger partial charge in [-0.25, -0.2) is 4.79 Å². The molecule has 4 N–H and O–H groups in total. The lowest BCUT2D eigenvalue weighted by molar-refractivity contribution is 0.0117. The zero-order chi connectivity index (χ0) is 17.6. The van der Waals surface area contributed by atoms with Gasteiger partial charge in [-0.1, -0.05) is 12.1 Å². The molecule has 23 heavy (non-hydrogen) atoms. The van der Waals surface area contributed by atoms with Gasteiger partial charge >= 0.3 is 6.09 Å². The van der Waals surface area contributed by atoms with Crippen LogP contribution in [0.1, 0.15) is 39.4 Å². The largest absolute Gasteiger partial charge is 0.504 e. The van der Waals surface area contributed by atoms with Crippen molar-refractivity contribution in [3.8, 4) is 11.5 Å². The molecule has 1 amide bonds. The number of aliphatic hydroxyl groups excluding tert-OH is 2. The summed E-state index contributed by atoms with van der Waals surface area (Å²) in [5.41, 5.74) is -0.535. The second kappa shape index (κ2) is 8.03. The summed E-state index contributed by atoms with van der Waals surface area (Å²) in [4.78, 5) is 11.5. The number of alkyl carbamates (subject to hydrolysis) is 1. The molecule has 0 saturated carbocycles. The minimum Gasteiger partial charge on any atom is -0.504 e. The van der Waals surface area contributed by atoms with Crippen LogP contribution in [0.5, 0.6) is 11.5 Å². The Morgan fingerprint density at radius 2 is 1.96 bits per heavy atom. The van der Waals surface area contributed by atoms with Gasteiger partial charge in [-0.05, 0) is 33.8 Å². The molecule has 0 aliphatic carbocycles. The number of aliphatic hydroxyl groups is 2. The molecule has 0 aromatic heterocycles. The van der Waals surface area contributed by atoms with Crippen LogP contribution in [0.4, 0.5) is 4.79 Å². The van der Waals surface area contributed by atoms with Crippen molar-refractivity contribution in [1.29, 1.82) is 0 Å². The van der Waals surface area contributed by atoms with Gasteiger partial charge in [0, 0.05) is 12.1 Å². The highest BCUT2D eigenvalue weighted by Crippen LogP contribution is 2.34. The van der Waals surface area contributed by atoms with Crippen LogP contribution in [0.2, 0.25) is 0 Å². The molecule has 0 aliphatic heterocycles. The molecule has 0 radical (unpaired) electrons. The Morgan fingerprint density at radius 1 is 1.30 bits per heavy atom. The van der Waals surface area contributed by atoms with E-state index in [1.165, 1.54) is 6.07 Å². The predicted octanol–water partition coefficient (Wildman–Crippen LogP) is 1.71. The van der Waals surface area contributed by atoms with Gasteiger partial charge in [-0.15, -0.1) is 0 Å². The number of rotatable bonds is 6. The first-order chi connectivity index (χ1) is 10.7. The van der Waals surface area contributed by atoms with Gasteiger partial charge in [-0.2, -0.15) is 0 Å². The summed E-state index contributed by atoms with van der Waals surface area (Å²) in [6.45, 7) is 7.05. The molecular formula is C16H25NO6. The maximum Gasteiger partial charge on any atom is 0.407 e. The van der Waals surface area contributed by atoms with E-state index in [2.05, 4.69) is 5.32 Å². The Bertz CT molecular complexity index is 526. The molecule has 130 valence electrons. The van der Waals surface area contributed by atoms with Crippen LogP contribution in [-0.4, -0.2) is 46.3 Å². The average Bonchev–Trinajstić information content (AvgIpc) is 2.44. The van der Waals surface area contributed by atoms with E-state index < -0.39 is 23.9 Å². The lowest BCUT2D eigenvalue weighted by Crippen LogP contribution is -2.38. The van der Waals surface area contributed by atoms with Crippen LogP contribution in [0, 0.1) is 0 Å². The number of amides is 1. The Hall–Kier alpha value is -1.99. The number of phenols is 1. The first-order valence-corrected chi connectivity index (χ1v) is 7.43. The quantitative estimate of drug-likeness (QED) is 0.633. The van der Waals surface area contributed by atoms with E-state index in [-0.39, 0.29) is 23.6 Å². The number of hydrogen-bond donors (Lipinski definition) is 4. The number of aromatic hydroxyl groups is 1. The fraction of sp³-hybridized carbons (Fsp3) is 0.562. The molecule has 1 aromatic carbocycles. The molecule has 0 aliphatic rings. The fourth-order valence-corrected chi connectivity index (χ4v) is 1.87. The highest BCUT2D eigenvalue weighted by molar-refractivity contribution is 5.67. The van der Waals surface area contributed by atoms with E-state index in [0.29, 0.717) is 6.61 Å². The topological polar surface area (TPSA) is 108 Å². The van der Waals surface area contributed by atoms with Crippen LogP contribution in [0.15, 0.2) is 18.2 Å². The number of benzene rings is 1. The molecule has 1 rings (SSSR count). The number of hydrogen-bond acceptors (Lipinski definition) is 6. The summed E-state index contributed by atoms with van der Waals surface area (Å²) in [6.07, 6.45) is -3.40. The third kappa shape index (κ3) is 5.96. The van der Waals surface area contributed by atoms with Crippen molar-refractivity contribution >= 4 is 6.09 Å². The number of carbonyl (C=O) groups excluding carboxylic acids is 1. The van der Waals surface area contributed by atoms with Crippen LogP contribution in [0.25, 0.3) is 0 Å². The highest BCUT2D eigenvalue weighted by atomic mass is 16.6. The number of carbonyl (C=O) groups is 1. The zero-order valence-electron chi connectivity index (χ0n) is 13.9. The third-order valence-corrected chi connectivity index (χ3v) is 2.87. The van der Waals surface area contributed by atoms with Gasteiger partial charge in [0.25, 0.3) is 0 Å². The minimum atomic E-state index is -1.38. The first kappa shape index (κ1) is 19.1. The zero-order valence-corrected chi connectivity index (χ0v) is 13.9. The standard InChI is InChI=1S/C16H25NO6/c1-5-22-12-8-6-7-10(14(12)20)13(19)11(18)9-17-15(21)23-16(2,3)4/h6-8,11,13,18-20H,5,9H2,1-4H3,(H,17,21). The van der Waals surface area contributed by atoms with Gasteiger partial charge in [0.2, 0.25) is 0 Å². The lowest BCUT2D eigenvalue weighted by atomic mass is 10.0. The molecule has 0 bridgehead atoms. The Labute approximate surface area is 135 Å². The molecule has 0 spiro atoms. The van der Waals surface area contributed by atoms with Crippen molar-refractivity contribution in [2.24, 2.45) is 0 Å². The number of para-hydroxylation sites is 1. The molecular weight excluding hydrogens is 302 g/mol. The Kier molecular flexibility index (Phi) is 6.65. The smallest absolute Gasteiger partial charge is 0.407 e. The van der Waals surface area contributed by atoms with E-state index in [9.17, 15) is 20.1 Å². The summed E-state index contributed by atoms with van der Waals surface area (Å²) in [6, 6.07) is 4.62. The molecule has 0 fully saturated rings.